The fourth-order valence-corrected chi connectivity index (χ4v) is 4.39. The maximum absolute atomic E-state index is 11.9. The molecule has 0 atom stereocenters. The van der Waals surface area contributed by atoms with Gasteiger partial charge in [0.1, 0.15) is 16.3 Å². The van der Waals surface area contributed by atoms with Gasteiger partial charge in [0.2, 0.25) is 0 Å². The minimum Gasteiger partial charge on any atom is -0.298 e. The van der Waals surface area contributed by atoms with Crippen LogP contribution >= 0.6 is 23.1 Å². The van der Waals surface area contributed by atoms with Crippen LogP contribution in [0.3, 0.4) is 0 Å². The summed E-state index contributed by atoms with van der Waals surface area (Å²) in [5, 5.41) is 11.3. The molecule has 0 unspecified atom stereocenters. The number of pyridine rings is 1. The van der Waals surface area contributed by atoms with Crippen molar-refractivity contribution in [1.29, 1.82) is 5.26 Å². The number of nitriles is 1. The highest BCUT2D eigenvalue weighted by atomic mass is 32.2. The minimum atomic E-state index is -0.869. The van der Waals surface area contributed by atoms with Crippen LogP contribution in [0.5, 0.6) is 0 Å². The number of carbonyl (C=O) groups is 2. The van der Waals surface area contributed by atoms with Gasteiger partial charge in [-0.1, -0.05) is 48.2 Å². The Morgan fingerprint density at radius 2 is 1.81 bits per heavy atom. The Morgan fingerprint density at radius 3 is 2.37 bits per heavy atom. The molecular weight excluding hydrogens is 376 g/mol. The number of hydrogen-bond acceptors (Lipinski definition) is 6. The number of benzene rings is 1. The van der Waals surface area contributed by atoms with Gasteiger partial charge in [0.25, 0.3) is 0 Å². The lowest BCUT2D eigenvalue weighted by Crippen LogP contribution is -2.22. The number of hydrogen-bond donors (Lipinski definition) is 0. The van der Waals surface area contributed by atoms with Gasteiger partial charge in [-0.25, -0.2) is 4.98 Å². The molecule has 0 aliphatic rings. The van der Waals surface area contributed by atoms with Gasteiger partial charge >= 0.3 is 0 Å². The zero-order valence-corrected chi connectivity index (χ0v) is 16.4. The second-order valence-corrected chi connectivity index (χ2v) is 7.95. The van der Waals surface area contributed by atoms with Crippen LogP contribution in [-0.2, 0) is 9.59 Å². The summed E-state index contributed by atoms with van der Waals surface area (Å²) >= 11 is 2.58. The fourth-order valence-electron chi connectivity index (χ4n) is 2.66. The predicted molar refractivity (Wildman–Crippen MR) is 109 cm³/mol. The van der Waals surface area contributed by atoms with E-state index in [4.69, 9.17) is 0 Å². The number of thiophene rings is 1. The maximum Gasteiger partial charge on any atom is 0.150 e. The molecule has 0 fully saturated rings. The van der Waals surface area contributed by atoms with E-state index in [1.807, 2.05) is 53.9 Å². The van der Waals surface area contributed by atoms with E-state index in [-0.39, 0.29) is 11.6 Å². The number of nitrogens with zero attached hydrogens (tertiary/aromatic N) is 2. The SMILES string of the molecule is CC(=O)C(Sc1nc(-c2ccccc2)cc(-c2cccs2)c1C#N)C(C)=O. The van der Waals surface area contributed by atoms with Crippen LogP contribution in [0, 0.1) is 11.3 Å². The molecule has 0 aliphatic carbocycles. The molecule has 0 aliphatic heterocycles. The monoisotopic (exact) mass is 392 g/mol. The van der Waals surface area contributed by atoms with Crippen molar-refractivity contribution in [2.24, 2.45) is 0 Å². The second-order valence-electron chi connectivity index (χ2n) is 5.91. The summed E-state index contributed by atoms with van der Waals surface area (Å²) in [6, 6.07) is 17.6. The van der Waals surface area contributed by atoms with Crippen molar-refractivity contribution in [2.45, 2.75) is 24.1 Å². The molecule has 0 bridgehead atoms. The van der Waals surface area contributed by atoms with Crippen molar-refractivity contribution in [3.8, 4) is 27.8 Å². The van der Waals surface area contributed by atoms with E-state index in [9.17, 15) is 14.9 Å². The Labute approximate surface area is 165 Å². The first-order valence-corrected chi connectivity index (χ1v) is 9.99. The molecule has 0 saturated carbocycles. The Hall–Kier alpha value is -2.75. The molecule has 134 valence electrons. The van der Waals surface area contributed by atoms with Crippen molar-refractivity contribution >= 4 is 34.7 Å². The molecular formula is C21H16N2O2S2. The first-order chi connectivity index (χ1) is 13.0. The molecule has 4 nitrogen and oxygen atoms in total. The summed E-state index contributed by atoms with van der Waals surface area (Å²) < 4.78 is 0. The zero-order valence-electron chi connectivity index (χ0n) is 14.8. The molecule has 0 amide bonds. The van der Waals surface area contributed by atoms with Crippen molar-refractivity contribution < 1.29 is 9.59 Å². The van der Waals surface area contributed by atoms with Crippen LogP contribution < -0.4 is 0 Å². The molecule has 2 heterocycles. The number of aromatic nitrogens is 1. The third-order valence-electron chi connectivity index (χ3n) is 3.92. The van der Waals surface area contributed by atoms with Gasteiger partial charge in [-0.2, -0.15) is 5.26 Å². The maximum atomic E-state index is 11.9. The highest BCUT2D eigenvalue weighted by Crippen LogP contribution is 2.37. The summed E-state index contributed by atoms with van der Waals surface area (Å²) in [4.78, 5) is 29.4. The Bertz CT molecular complexity index is 1010. The molecule has 6 heteroatoms. The highest BCUT2D eigenvalue weighted by molar-refractivity contribution is 8.01. The molecule has 3 aromatic rings. The van der Waals surface area contributed by atoms with E-state index in [1.165, 1.54) is 25.2 Å². The molecule has 1 aromatic carbocycles. The number of rotatable bonds is 6. The Morgan fingerprint density at radius 1 is 1.11 bits per heavy atom. The fraction of sp³-hybridized carbons (Fsp3) is 0.143. The van der Waals surface area contributed by atoms with Gasteiger partial charge in [0.05, 0.1) is 11.3 Å². The number of carbonyl (C=O) groups excluding carboxylic acids is 2. The molecule has 0 N–H and O–H groups in total. The van der Waals surface area contributed by atoms with Crippen molar-refractivity contribution in [2.75, 3.05) is 0 Å². The van der Waals surface area contributed by atoms with Gasteiger partial charge in [-0.05, 0) is 31.4 Å². The third kappa shape index (κ3) is 4.16. The number of thioether (sulfide) groups is 1. The second kappa shape index (κ2) is 8.30. The van der Waals surface area contributed by atoms with Crippen LogP contribution in [0.2, 0.25) is 0 Å². The number of ketones is 2. The molecule has 2 aromatic heterocycles. The van der Waals surface area contributed by atoms with E-state index < -0.39 is 5.25 Å². The van der Waals surface area contributed by atoms with Crippen LogP contribution in [0.4, 0.5) is 0 Å². The lowest BCUT2D eigenvalue weighted by molar-refractivity contribution is -0.123. The van der Waals surface area contributed by atoms with Crippen molar-refractivity contribution in [3.05, 3.63) is 59.5 Å². The van der Waals surface area contributed by atoms with Gasteiger partial charge in [0.15, 0.2) is 11.6 Å². The average molecular weight is 393 g/mol. The van der Waals surface area contributed by atoms with Crippen LogP contribution in [0.15, 0.2) is 58.9 Å². The van der Waals surface area contributed by atoms with E-state index in [0.717, 1.165) is 27.8 Å². The summed E-state index contributed by atoms with van der Waals surface area (Å²) in [7, 11) is 0. The van der Waals surface area contributed by atoms with Crippen molar-refractivity contribution in [1.82, 2.24) is 4.98 Å². The van der Waals surface area contributed by atoms with Crippen LogP contribution in [0.1, 0.15) is 19.4 Å². The lowest BCUT2D eigenvalue weighted by Gasteiger charge is -2.14. The zero-order chi connectivity index (χ0) is 19.4. The van der Waals surface area contributed by atoms with Gasteiger partial charge in [-0.3, -0.25) is 9.59 Å². The van der Waals surface area contributed by atoms with Gasteiger partial charge in [0, 0.05) is 16.0 Å². The normalized spacial score (nSPS) is 10.6. The minimum absolute atomic E-state index is 0.249. The first kappa shape index (κ1) is 19.0. The van der Waals surface area contributed by atoms with Gasteiger partial charge < -0.3 is 0 Å². The van der Waals surface area contributed by atoms with E-state index in [2.05, 4.69) is 11.1 Å². The van der Waals surface area contributed by atoms with Crippen LogP contribution in [-0.4, -0.2) is 21.8 Å². The van der Waals surface area contributed by atoms with Crippen LogP contribution in [0.25, 0.3) is 21.7 Å². The van der Waals surface area contributed by atoms with E-state index >= 15 is 0 Å². The standard InChI is InChI=1S/C21H16N2O2S2/c1-13(24)20(14(2)25)27-21-17(12-22)16(19-9-6-10-26-19)11-18(23-21)15-7-4-3-5-8-15/h3-11,20H,1-2H3. The highest BCUT2D eigenvalue weighted by Gasteiger charge is 2.25. The quantitative estimate of drug-likeness (QED) is 0.437. The molecule has 3 rings (SSSR count). The largest absolute Gasteiger partial charge is 0.298 e. The summed E-state index contributed by atoms with van der Waals surface area (Å²) in [5.74, 6) is -0.498. The van der Waals surface area contributed by atoms with E-state index in [0.29, 0.717) is 16.3 Å². The molecule has 27 heavy (non-hydrogen) atoms. The molecule has 0 spiro atoms. The average Bonchev–Trinajstić information content (AvgIpc) is 3.20. The third-order valence-corrected chi connectivity index (χ3v) is 6.24. The molecule has 0 radical (unpaired) electrons. The topological polar surface area (TPSA) is 70.8 Å². The smallest absolute Gasteiger partial charge is 0.150 e. The number of Topliss-reactive ketones (excluding diaryl/α,β-unsaturated/α-hetero) is 2. The summed E-state index contributed by atoms with van der Waals surface area (Å²) in [5.41, 5.74) is 2.75. The van der Waals surface area contributed by atoms with Crippen molar-refractivity contribution in [3.63, 3.8) is 0 Å². The van der Waals surface area contributed by atoms with E-state index in [1.54, 1.807) is 0 Å². The summed E-state index contributed by atoms with van der Waals surface area (Å²) in [6.07, 6.45) is 0. The Kier molecular flexibility index (Phi) is 5.84. The Balaban J connectivity index is 2.21. The molecule has 0 saturated heterocycles. The first-order valence-electron chi connectivity index (χ1n) is 8.23. The van der Waals surface area contributed by atoms with Gasteiger partial charge in [-0.15, -0.1) is 11.3 Å². The summed E-state index contributed by atoms with van der Waals surface area (Å²) in [6.45, 7) is 2.76. The lowest BCUT2D eigenvalue weighted by atomic mass is 10.0. The predicted octanol–water partition coefficient (Wildman–Crippen LogP) is 4.99.